The maximum absolute atomic E-state index is 11.5. The summed E-state index contributed by atoms with van der Waals surface area (Å²) in [6.07, 6.45) is 4.19. The number of carbonyl (C=O) groups is 1. The van der Waals surface area contributed by atoms with E-state index in [2.05, 4.69) is 0 Å². The number of carbonyl (C=O) groups excluding carboxylic acids is 1. The Morgan fingerprint density at radius 1 is 1.36 bits per heavy atom. The first-order valence-corrected chi connectivity index (χ1v) is 5.06. The van der Waals surface area contributed by atoms with E-state index in [0.717, 1.165) is 6.42 Å². The molecule has 1 aromatic rings. The summed E-state index contributed by atoms with van der Waals surface area (Å²) >= 11 is 11.5. The van der Waals surface area contributed by atoms with Crippen molar-refractivity contribution in [3.05, 3.63) is 46.0 Å². The van der Waals surface area contributed by atoms with Crippen LogP contribution in [-0.2, 0) is 0 Å². The molecule has 1 nitrogen and oxygen atoms in total. The number of hydrogen-bond donors (Lipinski definition) is 0. The topological polar surface area (TPSA) is 17.1 Å². The summed E-state index contributed by atoms with van der Waals surface area (Å²) in [6, 6.07) is 4.86. The molecule has 14 heavy (non-hydrogen) atoms. The van der Waals surface area contributed by atoms with E-state index in [1.165, 1.54) is 0 Å². The molecular formula is C11H10Cl2O. The maximum atomic E-state index is 11.5. The molecule has 3 heteroatoms. The first-order chi connectivity index (χ1) is 6.65. The van der Waals surface area contributed by atoms with Crippen LogP contribution in [0.1, 0.15) is 23.7 Å². The van der Waals surface area contributed by atoms with Crippen molar-refractivity contribution in [1.29, 1.82) is 0 Å². The van der Waals surface area contributed by atoms with Gasteiger partial charge in [0.25, 0.3) is 0 Å². The molecular weight excluding hydrogens is 219 g/mol. The van der Waals surface area contributed by atoms with Crippen LogP contribution in [0, 0.1) is 0 Å². The molecule has 0 saturated carbocycles. The summed E-state index contributed by atoms with van der Waals surface area (Å²) in [6.45, 7) is 1.97. The third-order valence-electron chi connectivity index (χ3n) is 1.71. The SMILES string of the molecule is CC/C=C/C(=O)c1ccc(Cl)c(Cl)c1. The molecule has 74 valence electrons. The van der Waals surface area contributed by atoms with Gasteiger partial charge in [0.15, 0.2) is 5.78 Å². The fourth-order valence-corrected chi connectivity index (χ4v) is 1.27. The Kier molecular flexibility index (Phi) is 4.18. The average molecular weight is 229 g/mol. The monoisotopic (exact) mass is 228 g/mol. The fraction of sp³-hybridized carbons (Fsp3) is 0.182. The molecule has 0 bridgehead atoms. The Morgan fingerprint density at radius 3 is 2.64 bits per heavy atom. The van der Waals surface area contributed by atoms with E-state index in [1.807, 2.05) is 13.0 Å². The predicted octanol–water partition coefficient (Wildman–Crippen LogP) is 4.14. The lowest BCUT2D eigenvalue weighted by Gasteiger charge is -1.98. The smallest absolute Gasteiger partial charge is 0.185 e. The van der Waals surface area contributed by atoms with Crippen molar-refractivity contribution in [2.75, 3.05) is 0 Å². The second kappa shape index (κ2) is 5.18. The highest BCUT2D eigenvalue weighted by Gasteiger charge is 2.04. The summed E-state index contributed by atoms with van der Waals surface area (Å²) in [4.78, 5) is 11.5. The Balaban J connectivity index is 2.91. The molecule has 0 aromatic heterocycles. The van der Waals surface area contributed by atoms with Crippen molar-refractivity contribution in [3.8, 4) is 0 Å². The van der Waals surface area contributed by atoms with Gasteiger partial charge in [-0.15, -0.1) is 0 Å². The fourth-order valence-electron chi connectivity index (χ4n) is 0.971. The van der Waals surface area contributed by atoms with Gasteiger partial charge < -0.3 is 0 Å². The standard InChI is InChI=1S/C11H10Cl2O/c1-2-3-4-11(14)8-5-6-9(12)10(13)7-8/h3-7H,2H2,1H3/b4-3+. The van der Waals surface area contributed by atoms with Gasteiger partial charge in [-0.1, -0.05) is 36.2 Å². The zero-order valence-corrected chi connectivity index (χ0v) is 9.27. The largest absolute Gasteiger partial charge is 0.289 e. The summed E-state index contributed by atoms with van der Waals surface area (Å²) in [5.41, 5.74) is 0.559. The highest BCUT2D eigenvalue weighted by atomic mass is 35.5. The van der Waals surface area contributed by atoms with Gasteiger partial charge in [-0.05, 0) is 30.7 Å². The first kappa shape index (κ1) is 11.3. The average Bonchev–Trinajstić information content (AvgIpc) is 2.18. The minimum absolute atomic E-state index is 0.0505. The predicted molar refractivity (Wildman–Crippen MR) is 60.2 cm³/mol. The lowest BCUT2D eigenvalue weighted by molar-refractivity contribution is 0.104. The molecule has 0 fully saturated rings. The summed E-state index contributed by atoms with van der Waals surface area (Å²) in [5, 5.41) is 0.866. The number of hydrogen-bond acceptors (Lipinski definition) is 1. The van der Waals surface area contributed by atoms with Gasteiger partial charge in [-0.25, -0.2) is 0 Å². The molecule has 0 heterocycles. The third-order valence-corrected chi connectivity index (χ3v) is 2.45. The third kappa shape index (κ3) is 2.86. The van der Waals surface area contributed by atoms with Crippen molar-refractivity contribution < 1.29 is 4.79 Å². The molecule has 0 aliphatic carbocycles. The zero-order valence-electron chi connectivity index (χ0n) is 7.76. The van der Waals surface area contributed by atoms with Crippen molar-refractivity contribution in [1.82, 2.24) is 0 Å². The highest BCUT2D eigenvalue weighted by molar-refractivity contribution is 6.42. The molecule has 0 atom stereocenters. The van der Waals surface area contributed by atoms with Crippen LogP contribution in [0.15, 0.2) is 30.4 Å². The minimum Gasteiger partial charge on any atom is -0.289 e. The zero-order chi connectivity index (χ0) is 10.6. The molecule has 1 rings (SSSR count). The molecule has 0 amide bonds. The number of ketones is 1. The van der Waals surface area contributed by atoms with Gasteiger partial charge in [0.2, 0.25) is 0 Å². The summed E-state index contributed by atoms with van der Waals surface area (Å²) in [5.74, 6) is -0.0505. The lowest BCUT2D eigenvalue weighted by Crippen LogP contribution is -1.93. The van der Waals surface area contributed by atoms with E-state index in [-0.39, 0.29) is 5.78 Å². The second-order valence-electron chi connectivity index (χ2n) is 2.80. The summed E-state index contributed by atoms with van der Waals surface area (Å²) in [7, 11) is 0. The van der Waals surface area contributed by atoms with E-state index in [0.29, 0.717) is 15.6 Å². The second-order valence-corrected chi connectivity index (χ2v) is 3.62. The van der Waals surface area contributed by atoms with E-state index < -0.39 is 0 Å². The van der Waals surface area contributed by atoms with Crippen LogP contribution in [0.4, 0.5) is 0 Å². The van der Waals surface area contributed by atoms with Crippen LogP contribution in [-0.4, -0.2) is 5.78 Å². The van der Waals surface area contributed by atoms with Crippen molar-refractivity contribution in [3.63, 3.8) is 0 Å². The maximum Gasteiger partial charge on any atom is 0.185 e. The van der Waals surface area contributed by atoms with Crippen LogP contribution in [0.2, 0.25) is 10.0 Å². The van der Waals surface area contributed by atoms with Gasteiger partial charge in [0.05, 0.1) is 10.0 Å². The van der Waals surface area contributed by atoms with E-state index in [4.69, 9.17) is 23.2 Å². The van der Waals surface area contributed by atoms with E-state index in [9.17, 15) is 4.79 Å². The molecule has 0 saturated heterocycles. The van der Waals surface area contributed by atoms with E-state index in [1.54, 1.807) is 24.3 Å². The number of benzene rings is 1. The van der Waals surface area contributed by atoms with Gasteiger partial charge in [-0.2, -0.15) is 0 Å². The van der Waals surface area contributed by atoms with Crippen LogP contribution < -0.4 is 0 Å². The highest BCUT2D eigenvalue weighted by Crippen LogP contribution is 2.22. The molecule has 0 aliphatic rings. The minimum atomic E-state index is -0.0505. The van der Waals surface area contributed by atoms with Crippen molar-refractivity contribution in [2.24, 2.45) is 0 Å². The Morgan fingerprint density at radius 2 is 2.07 bits per heavy atom. The van der Waals surface area contributed by atoms with Gasteiger partial charge in [0, 0.05) is 5.56 Å². The Labute approximate surface area is 93.3 Å². The van der Waals surface area contributed by atoms with Gasteiger partial charge in [0.1, 0.15) is 0 Å². The van der Waals surface area contributed by atoms with Crippen LogP contribution in [0.3, 0.4) is 0 Å². The Bertz CT molecular complexity index is 370. The lowest BCUT2D eigenvalue weighted by atomic mass is 10.1. The Hall–Kier alpha value is -0.790. The number of halogens is 2. The van der Waals surface area contributed by atoms with Crippen LogP contribution >= 0.6 is 23.2 Å². The van der Waals surface area contributed by atoms with Crippen LogP contribution in [0.25, 0.3) is 0 Å². The number of rotatable bonds is 3. The summed E-state index contributed by atoms with van der Waals surface area (Å²) < 4.78 is 0. The normalized spacial score (nSPS) is 10.8. The molecule has 0 N–H and O–H groups in total. The molecule has 0 unspecified atom stereocenters. The van der Waals surface area contributed by atoms with Crippen molar-refractivity contribution >= 4 is 29.0 Å². The van der Waals surface area contributed by atoms with Crippen LogP contribution in [0.5, 0.6) is 0 Å². The molecule has 0 radical (unpaired) electrons. The first-order valence-electron chi connectivity index (χ1n) is 4.31. The molecule has 0 aliphatic heterocycles. The quantitative estimate of drug-likeness (QED) is 0.562. The molecule has 0 spiro atoms. The van der Waals surface area contributed by atoms with Gasteiger partial charge >= 0.3 is 0 Å². The molecule has 1 aromatic carbocycles. The van der Waals surface area contributed by atoms with Gasteiger partial charge in [-0.3, -0.25) is 4.79 Å². The number of allylic oxidation sites excluding steroid dienone is 2. The van der Waals surface area contributed by atoms with E-state index >= 15 is 0 Å². The van der Waals surface area contributed by atoms with Crippen molar-refractivity contribution in [2.45, 2.75) is 13.3 Å².